The average molecular weight is 409 g/mol. The van der Waals surface area contributed by atoms with E-state index in [9.17, 15) is 9.59 Å². The van der Waals surface area contributed by atoms with Crippen molar-refractivity contribution in [3.63, 3.8) is 0 Å². The van der Waals surface area contributed by atoms with E-state index in [1.54, 1.807) is 11.1 Å². The van der Waals surface area contributed by atoms with Gasteiger partial charge in [-0.25, -0.2) is 0 Å². The van der Waals surface area contributed by atoms with Crippen LogP contribution in [0.25, 0.3) is 0 Å². The minimum Gasteiger partial charge on any atom is -0.347 e. The molecular weight excluding hydrogens is 376 g/mol. The van der Waals surface area contributed by atoms with E-state index in [1.807, 2.05) is 62.4 Å². The van der Waals surface area contributed by atoms with Gasteiger partial charge in [-0.05, 0) is 42.9 Å². The maximum absolute atomic E-state index is 13.2. The van der Waals surface area contributed by atoms with Gasteiger partial charge < -0.3 is 16.0 Å². The number of nitrogens with two attached hydrogens (primary N) is 1. The minimum atomic E-state index is -0.558. The highest BCUT2D eigenvalue weighted by molar-refractivity contribution is 5.90. The number of nitrogens with zero attached hydrogens (tertiary/aromatic N) is 2. The van der Waals surface area contributed by atoms with Crippen molar-refractivity contribution in [3.8, 4) is 0 Å². The number of benzene rings is 1. The van der Waals surface area contributed by atoms with E-state index in [2.05, 4.69) is 10.3 Å². The summed E-state index contributed by atoms with van der Waals surface area (Å²) in [7, 11) is 0. The molecule has 3 atom stereocenters. The second kappa shape index (κ2) is 10.3. The predicted molar refractivity (Wildman–Crippen MR) is 117 cm³/mol. The highest BCUT2D eigenvalue weighted by atomic mass is 16.2. The number of carbonyl (C=O) groups is 2. The fourth-order valence-electron chi connectivity index (χ4n) is 4.06. The summed E-state index contributed by atoms with van der Waals surface area (Å²) in [5.74, 6) is 0.0874. The fourth-order valence-corrected chi connectivity index (χ4v) is 4.06. The van der Waals surface area contributed by atoms with E-state index >= 15 is 0 Å². The molecule has 0 radical (unpaired) electrons. The first kappa shape index (κ1) is 22.0. The molecule has 0 saturated carbocycles. The molecule has 1 fully saturated rings. The van der Waals surface area contributed by atoms with E-state index in [0.717, 1.165) is 17.7 Å². The maximum atomic E-state index is 13.2. The Bertz CT molecular complexity index is 826. The van der Waals surface area contributed by atoms with Crippen LogP contribution in [-0.2, 0) is 16.0 Å². The van der Waals surface area contributed by atoms with Crippen molar-refractivity contribution in [1.82, 2.24) is 15.2 Å². The second-order valence-electron chi connectivity index (χ2n) is 8.42. The molecule has 1 aliphatic heterocycles. The number of rotatable bonds is 8. The molecule has 2 aromatic rings. The van der Waals surface area contributed by atoms with Crippen molar-refractivity contribution in [2.45, 2.75) is 57.7 Å². The van der Waals surface area contributed by atoms with Gasteiger partial charge in [0.2, 0.25) is 11.8 Å². The van der Waals surface area contributed by atoms with Crippen molar-refractivity contribution in [1.29, 1.82) is 0 Å². The first-order valence-electron chi connectivity index (χ1n) is 10.8. The number of amides is 2. The topological polar surface area (TPSA) is 88.3 Å². The zero-order chi connectivity index (χ0) is 21.5. The molecule has 3 rings (SSSR count). The molecule has 3 N–H and O–H groups in total. The summed E-state index contributed by atoms with van der Waals surface area (Å²) in [4.78, 5) is 32.1. The molecule has 0 spiro atoms. The summed E-state index contributed by atoms with van der Waals surface area (Å²) in [6.45, 7) is 4.67. The lowest BCUT2D eigenvalue weighted by atomic mass is 10.0. The number of pyridine rings is 1. The molecule has 6 nitrogen and oxygen atoms in total. The standard InChI is InChI=1S/C24H32N4O2/c1-17(2)15-20(25)24(30)28-14-8-12-22(28)23(29)27-21(18-9-4-3-5-10-18)16-19-11-6-7-13-26-19/h3-7,9-11,13,17,20-22H,8,12,14-16,25H2,1-2H3,(H,27,29). The van der Waals surface area contributed by atoms with Gasteiger partial charge in [-0.15, -0.1) is 0 Å². The van der Waals surface area contributed by atoms with E-state index < -0.39 is 12.1 Å². The lowest BCUT2D eigenvalue weighted by Gasteiger charge is -2.29. The first-order valence-corrected chi connectivity index (χ1v) is 10.8. The van der Waals surface area contributed by atoms with Crippen LogP contribution in [0.15, 0.2) is 54.7 Å². The van der Waals surface area contributed by atoms with Crippen LogP contribution >= 0.6 is 0 Å². The maximum Gasteiger partial charge on any atom is 0.243 e. The van der Waals surface area contributed by atoms with E-state index in [4.69, 9.17) is 5.73 Å². The Morgan fingerprint density at radius 1 is 1.17 bits per heavy atom. The molecule has 160 valence electrons. The first-order chi connectivity index (χ1) is 14.5. The summed E-state index contributed by atoms with van der Waals surface area (Å²) < 4.78 is 0. The van der Waals surface area contributed by atoms with Gasteiger partial charge in [0, 0.05) is 24.9 Å². The van der Waals surface area contributed by atoms with Crippen LogP contribution in [0.3, 0.4) is 0 Å². The summed E-state index contributed by atoms with van der Waals surface area (Å²) in [5.41, 5.74) is 8.05. The minimum absolute atomic E-state index is 0.123. The Hall–Kier alpha value is -2.73. The Balaban J connectivity index is 1.73. The Labute approximate surface area is 178 Å². The molecule has 1 aromatic carbocycles. The fraction of sp³-hybridized carbons (Fsp3) is 0.458. The lowest BCUT2D eigenvalue weighted by Crippen LogP contribution is -2.52. The summed E-state index contributed by atoms with van der Waals surface area (Å²) in [6.07, 6.45) is 4.44. The van der Waals surface area contributed by atoms with Crippen molar-refractivity contribution < 1.29 is 9.59 Å². The number of likely N-dealkylation sites (tertiary alicyclic amines) is 1. The normalized spacial score (nSPS) is 18.3. The molecule has 1 aromatic heterocycles. The SMILES string of the molecule is CC(C)CC(N)C(=O)N1CCCC1C(=O)NC(Cc1ccccn1)c1ccccc1. The molecule has 2 heterocycles. The predicted octanol–water partition coefficient (Wildman–Crippen LogP) is 2.85. The van der Waals surface area contributed by atoms with Crippen molar-refractivity contribution in [2.75, 3.05) is 6.54 Å². The molecule has 6 heteroatoms. The smallest absolute Gasteiger partial charge is 0.243 e. The highest BCUT2D eigenvalue weighted by Crippen LogP contribution is 2.23. The van der Waals surface area contributed by atoms with E-state index in [1.165, 1.54) is 0 Å². The Kier molecular flexibility index (Phi) is 7.57. The van der Waals surface area contributed by atoms with Gasteiger partial charge in [-0.2, -0.15) is 0 Å². The quantitative estimate of drug-likeness (QED) is 0.703. The van der Waals surface area contributed by atoms with Crippen molar-refractivity contribution in [3.05, 3.63) is 66.0 Å². The molecule has 3 unspecified atom stereocenters. The third-order valence-electron chi connectivity index (χ3n) is 5.54. The van der Waals surface area contributed by atoms with Crippen LogP contribution in [0.5, 0.6) is 0 Å². The third kappa shape index (κ3) is 5.66. The molecule has 1 saturated heterocycles. The number of hydrogen-bond acceptors (Lipinski definition) is 4. The largest absolute Gasteiger partial charge is 0.347 e. The Morgan fingerprint density at radius 2 is 1.90 bits per heavy atom. The van der Waals surface area contributed by atoms with Gasteiger partial charge in [0.05, 0.1) is 12.1 Å². The number of aromatic nitrogens is 1. The van der Waals surface area contributed by atoms with Crippen LogP contribution in [0, 0.1) is 5.92 Å². The lowest BCUT2D eigenvalue weighted by molar-refractivity contribution is -0.140. The van der Waals surface area contributed by atoms with Crippen LogP contribution in [0.4, 0.5) is 0 Å². The molecule has 1 aliphatic rings. The van der Waals surface area contributed by atoms with Gasteiger partial charge >= 0.3 is 0 Å². The Morgan fingerprint density at radius 3 is 2.57 bits per heavy atom. The van der Waals surface area contributed by atoms with E-state index in [-0.39, 0.29) is 17.9 Å². The van der Waals surface area contributed by atoms with Crippen LogP contribution in [-0.4, -0.2) is 40.3 Å². The molecule has 0 aliphatic carbocycles. The molecule has 0 bridgehead atoms. The van der Waals surface area contributed by atoms with Gasteiger partial charge in [0.1, 0.15) is 6.04 Å². The number of hydrogen-bond donors (Lipinski definition) is 2. The summed E-state index contributed by atoms with van der Waals surface area (Å²) >= 11 is 0. The van der Waals surface area contributed by atoms with E-state index in [0.29, 0.717) is 31.7 Å². The van der Waals surface area contributed by atoms with Crippen LogP contribution in [0.2, 0.25) is 0 Å². The number of carbonyl (C=O) groups excluding carboxylic acids is 2. The van der Waals surface area contributed by atoms with Gasteiger partial charge in [0.15, 0.2) is 0 Å². The third-order valence-corrected chi connectivity index (χ3v) is 5.54. The number of nitrogens with one attached hydrogen (secondary N) is 1. The highest BCUT2D eigenvalue weighted by Gasteiger charge is 2.37. The zero-order valence-corrected chi connectivity index (χ0v) is 17.8. The van der Waals surface area contributed by atoms with Crippen molar-refractivity contribution in [2.24, 2.45) is 11.7 Å². The van der Waals surface area contributed by atoms with Crippen molar-refractivity contribution >= 4 is 11.8 Å². The molecule has 2 amide bonds. The average Bonchev–Trinajstić information content (AvgIpc) is 3.23. The van der Waals surface area contributed by atoms with Gasteiger partial charge in [-0.1, -0.05) is 50.2 Å². The molecule has 30 heavy (non-hydrogen) atoms. The molecular formula is C24H32N4O2. The van der Waals surface area contributed by atoms with Gasteiger partial charge in [-0.3, -0.25) is 14.6 Å². The second-order valence-corrected chi connectivity index (χ2v) is 8.42. The van der Waals surface area contributed by atoms with Gasteiger partial charge in [0.25, 0.3) is 0 Å². The van der Waals surface area contributed by atoms with Crippen LogP contribution < -0.4 is 11.1 Å². The monoisotopic (exact) mass is 408 g/mol. The van der Waals surface area contributed by atoms with Crippen LogP contribution in [0.1, 0.15) is 50.4 Å². The summed E-state index contributed by atoms with van der Waals surface area (Å²) in [5, 5.41) is 3.17. The zero-order valence-electron chi connectivity index (χ0n) is 17.8. The summed E-state index contributed by atoms with van der Waals surface area (Å²) in [6, 6.07) is 14.4.